The third-order valence-corrected chi connectivity index (χ3v) is 5.37. The molecule has 2 aliphatic rings. The lowest BCUT2D eigenvalue weighted by Gasteiger charge is -2.31. The quantitative estimate of drug-likeness (QED) is 0.542. The standard InChI is InChI=1S/C21H34N4O3/c1-4-22-21(23-14-17-7-9-25(10-8-17)11-12-26-3)24(2)15-18-5-6-19-20(13-18)28-16-27-19/h5-6,13,17H,4,7-12,14-16H2,1-3H3,(H,22,23). The number of ether oxygens (including phenoxy) is 3. The molecule has 0 atom stereocenters. The van der Waals surface area contributed by atoms with Crippen molar-refractivity contribution in [3.8, 4) is 11.5 Å². The van der Waals surface area contributed by atoms with Crippen molar-refractivity contribution in [3.05, 3.63) is 23.8 Å². The van der Waals surface area contributed by atoms with E-state index in [1.807, 2.05) is 6.07 Å². The van der Waals surface area contributed by atoms with E-state index in [0.717, 1.165) is 63.3 Å². The molecule has 0 bridgehead atoms. The van der Waals surface area contributed by atoms with E-state index >= 15 is 0 Å². The van der Waals surface area contributed by atoms with Gasteiger partial charge in [-0.25, -0.2) is 0 Å². The van der Waals surface area contributed by atoms with Gasteiger partial charge in [-0.2, -0.15) is 0 Å². The van der Waals surface area contributed by atoms with E-state index in [9.17, 15) is 0 Å². The van der Waals surface area contributed by atoms with Gasteiger partial charge in [-0.15, -0.1) is 0 Å². The minimum Gasteiger partial charge on any atom is -0.454 e. The molecule has 0 spiro atoms. The molecule has 0 radical (unpaired) electrons. The van der Waals surface area contributed by atoms with E-state index in [4.69, 9.17) is 19.2 Å². The summed E-state index contributed by atoms with van der Waals surface area (Å²) in [5.74, 6) is 3.27. The summed E-state index contributed by atoms with van der Waals surface area (Å²) in [5.41, 5.74) is 1.18. The second-order valence-electron chi connectivity index (χ2n) is 7.52. The summed E-state index contributed by atoms with van der Waals surface area (Å²) in [4.78, 5) is 9.59. The van der Waals surface area contributed by atoms with Gasteiger partial charge in [0.2, 0.25) is 6.79 Å². The topological polar surface area (TPSA) is 58.6 Å². The van der Waals surface area contributed by atoms with Crippen molar-refractivity contribution in [2.24, 2.45) is 10.9 Å². The Hall–Kier alpha value is -1.99. The molecule has 7 nitrogen and oxygen atoms in total. The smallest absolute Gasteiger partial charge is 0.231 e. The molecule has 28 heavy (non-hydrogen) atoms. The second-order valence-corrected chi connectivity index (χ2v) is 7.52. The van der Waals surface area contributed by atoms with E-state index in [1.54, 1.807) is 7.11 Å². The predicted octanol–water partition coefficient (Wildman–Crippen LogP) is 2.17. The van der Waals surface area contributed by atoms with Gasteiger partial charge in [-0.05, 0) is 56.5 Å². The minimum absolute atomic E-state index is 0.309. The first-order chi connectivity index (χ1) is 13.7. The Labute approximate surface area is 168 Å². The molecule has 0 saturated carbocycles. The number of aliphatic imine (C=N–C) groups is 1. The van der Waals surface area contributed by atoms with Crippen LogP contribution in [-0.2, 0) is 11.3 Å². The first-order valence-corrected chi connectivity index (χ1v) is 10.3. The number of fused-ring (bicyclic) bond motifs is 1. The zero-order valence-electron chi connectivity index (χ0n) is 17.4. The van der Waals surface area contributed by atoms with Gasteiger partial charge in [0.15, 0.2) is 17.5 Å². The maximum Gasteiger partial charge on any atom is 0.231 e. The van der Waals surface area contributed by atoms with Crippen LogP contribution < -0.4 is 14.8 Å². The lowest BCUT2D eigenvalue weighted by molar-refractivity contribution is 0.121. The van der Waals surface area contributed by atoms with Gasteiger partial charge in [0.25, 0.3) is 0 Å². The highest BCUT2D eigenvalue weighted by atomic mass is 16.7. The van der Waals surface area contributed by atoms with E-state index in [0.29, 0.717) is 12.7 Å². The van der Waals surface area contributed by atoms with E-state index in [2.05, 4.69) is 41.2 Å². The van der Waals surface area contributed by atoms with E-state index in [1.165, 1.54) is 18.4 Å². The third-order valence-electron chi connectivity index (χ3n) is 5.37. The van der Waals surface area contributed by atoms with Crippen LogP contribution in [0.3, 0.4) is 0 Å². The zero-order chi connectivity index (χ0) is 19.8. The Bertz CT molecular complexity index is 645. The van der Waals surface area contributed by atoms with Crippen LogP contribution in [0, 0.1) is 5.92 Å². The number of methoxy groups -OCH3 is 1. The van der Waals surface area contributed by atoms with Gasteiger partial charge >= 0.3 is 0 Å². The SMILES string of the molecule is CCNC(=NCC1CCN(CCOC)CC1)N(C)Cc1ccc2c(c1)OCO2. The van der Waals surface area contributed by atoms with Crippen LogP contribution in [-0.4, -0.2) is 76.0 Å². The molecular weight excluding hydrogens is 356 g/mol. The molecule has 1 aromatic rings. The Morgan fingerprint density at radius 3 is 2.82 bits per heavy atom. The molecule has 7 heteroatoms. The first-order valence-electron chi connectivity index (χ1n) is 10.3. The van der Waals surface area contributed by atoms with Crippen molar-refractivity contribution in [2.45, 2.75) is 26.3 Å². The number of guanidine groups is 1. The second kappa shape index (κ2) is 10.5. The molecule has 2 heterocycles. The summed E-state index contributed by atoms with van der Waals surface area (Å²) >= 11 is 0. The summed E-state index contributed by atoms with van der Waals surface area (Å²) in [6.45, 7) is 9.08. The fraction of sp³-hybridized carbons (Fsp3) is 0.667. The Kier molecular flexibility index (Phi) is 7.80. The van der Waals surface area contributed by atoms with Crippen molar-refractivity contribution < 1.29 is 14.2 Å². The molecule has 0 aliphatic carbocycles. The largest absolute Gasteiger partial charge is 0.454 e. The molecule has 0 unspecified atom stereocenters. The Morgan fingerprint density at radius 1 is 1.29 bits per heavy atom. The zero-order valence-corrected chi connectivity index (χ0v) is 17.4. The highest BCUT2D eigenvalue weighted by Gasteiger charge is 2.19. The van der Waals surface area contributed by atoms with E-state index in [-0.39, 0.29) is 0 Å². The Morgan fingerprint density at radius 2 is 2.07 bits per heavy atom. The number of nitrogens with one attached hydrogen (secondary N) is 1. The predicted molar refractivity (Wildman–Crippen MR) is 111 cm³/mol. The molecule has 156 valence electrons. The number of hydrogen-bond acceptors (Lipinski definition) is 5. The number of nitrogens with zero attached hydrogens (tertiary/aromatic N) is 3. The van der Waals surface area contributed by atoms with Gasteiger partial charge in [0.05, 0.1) is 6.61 Å². The van der Waals surface area contributed by atoms with Crippen LogP contribution in [0.5, 0.6) is 11.5 Å². The summed E-state index contributed by atoms with van der Waals surface area (Å²) in [6, 6.07) is 6.12. The molecule has 0 aromatic heterocycles. The molecule has 0 amide bonds. The summed E-state index contributed by atoms with van der Waals surface area (Å²) in [7, 11) is 3.85. The van der Waals surface area contributed by atoms with Gasteiger partial charge in [0.1, 0.15) is 0 Å². The summed E-state index contributed by atoms with van der Waals surface area (Å²) in [6.07, 6.45) is 2.41. The molecule has 1 saturated heterocycles. The van der Waals surface area contributed by atoms with Crippen molar-refractivity contribution >= 4 is 5.96 Å². The number of piperidine rings is 1. The van der Waals surface area contributed by atoms with Crippen molar-refractivity contribution in [1.29, 1.82) is 0 Å². The normalized spacial score (nSPS) is 17.8. The van der Waals surface area contributed by atoms with Gasteiger partial charge in [-0.1, -0.05) is 6.07 Å². The lowest BCUT2D eigenvalue weighted by atomic mass is 9.97. The van der Waals surface area contributed by atoms with E-state index < -0.39 is 0 Å². The Balaban J connectivity index is 1.52. The van der Waals surface area contributed by atoms with Crippen molar-refractivity contribution in [2.75, 3.05) is 60.3 Å². The summed E-state index contributed by atoms with van der Waals surface area (Å²) < 4.78 is 16.1. The van der Waals surface area contributed by atoms with Crippen LogP contribution in [0.1, 0.15) is 25.3 Å². The fourth-order valence-electron chi connectivity index (χ4n) is 3.69. The van der Waals surface area contributed by atoms with Crippen LogP contribution >= 0.6 is 0 Å². The fourth-order valence-corrected chi connectivity index (χ4v) is 3.69. The molecule has 2 aliphatic heterocycles. The number of likely N-dealkylation sites (tertiary alicyclic amines) is 1. The van der Waals surface area contributed by atoms with Crippen molar-refractivity contribution in [3.63, 3.8) is 0 Å². The number of hydrogen-bond donors (Lipinski definition) is 1. The molecule has 3 rings (SSSR count). The molecule has 1 fully saturated rings. The maximum absolute atomic E-state index is 5.49. The summed E-state index contributed by atoms with van der Waals surface area (Å²) in [5, 5.41) is 3.42. The highest BCUT2D eigenvalue weighted by Crippen LogP contribution is 2.32. The van der Waals surface area contributed by atoms with Crippen LogP contribution in [0.2, 0.25) is 0 Å². The highest BCUT2D eigenvalue weighted by molar-refractivity contribution is 5.79. The number of benzene rings is 1. The van der Waals surface area contributed by atoms with Gasteiger partial charge in [0, 0.05) is 40.3 Å². The average molecular weight is 391 g/mol. The first kappa shape index (κ1) is 20.7. The lowest BCUT2D eigenvalue weighted by Crippen LogP contribution is -2.40. The maximum atomic E-state index is 5.49. The van der Waals surface area contributed by atoms with Gasteiger partial charge < -0.3 is 29.3 Å². The monoisotopic (exact) mass is 390 g/mol. The van der Waals surface area contributed by atoms with Crippen LogP contribution in [0.25, 0.3) is 0 Å². The van der Waals surface area contributed by atoms with Crippen LogP contribution in [0.4, 0.5) is 0 Å². The average Bonchev–Trinajstić information content (AvgIpc) is 3.18. The van der Waals surface area contributed by atoms with Crippen LogP contribution in [0.15, 0.2) is 23.2 Å². The minimum atomic E-state index is 0.309. The molecule has 1 aromatic carbocycles. The third kappa shape index (κ3) is 5.75. The molecular formula is C21H34N4O3. The van der Waals surface area contributed by atoms with Gasteiger partial charge in [-0.3, -0.25) is 4.99 Å². The molecule has 1 N–H and O–H groups in total. The van der Waals surface area contributed by atoms with Crippen molar-refractivity contribution in [1.82, 2.24) is 15.1 Å². The number of rotatable bonds is 8.